The minimum absolute atomic E-state index is 0.616. The van der Waals surface area contributed by atoms with Crippen LogP contribution in [0.1, 0.15) is 0 Å². The Hall–Kier alpha value is 0.270. The minimum Gasteiger partial charge on any atom is -0.357 e. The van der Waals surface area contributed by atoms with Crippen LogP contribution in [-0.4, -0.2) is 22.6 Å². The van der Waals surface area contributed by atoms with Crippen molar-refractivity contribution in [2.75, 3.05) is 12.4 Å². The smallest absolute Gasteiger partial charge is 0.215 e. The van der Waals surface area contributed by atoms with Gasteiger partial charge in [0.15, 0.2) is 0 Å². The summed E-state index contributed by atoms with van der Waals surface area (Å²) in [6, 6.07) is 0. The maximum Gasteiger partial charge on any atom is 0.215 e. The highest BCUT2D eigenvalue weighted by atomic mass is 32.2. The van der Waals surface area contributed by atoms with Crippen molar-refractivity contribution in [2.45, 2.75) is 5.12 Å². The van der Waals surface area contributed by atoms with E-state index >= 15 is 0 Å². The quantitative estimate of drug-likeness (QED) is 0.495. The Morgan fingerprint density at radius 2 is 2.57 bits per heavy atom. The Kier molecular flexibility index (Phi) is 1.28. The molecule has 0 saturated carbocycles. The summed E-state index contributed by atoms with van der Waals surface area (Å²) in [6.45, 7) is 3.98. The van der Waals surface area contributed by atoms with Crippen molar-refractivity contribution < 1.29 is 9.84 Å². The maximum atomic E-state index is 8.82. The fraction of sp³-hybridized carbons (Fsp3) is 0.750. The lowest BCUT2D eigenvalue weighted by atomic mass is 10.7. The second-order valence-electron chi connectivity index (χ2n) is 1.41. The topological polar surface area (TPSA) is 29.5 Å². The largest absolute Gasteiger partial charge is 0.357 e. The van der Waals surface area contributed by atoms with E-state index in [1.54, 1.807) is 0 Å². The molecule has 1 heterocycles. The van der Waals surface area contributed by atoms with Crippen molar-refractivity contribution in [1.29, 1.82) is 0 Å². The Bertz CT molecular complexity index is 64.1. The van der Waals surface area contributed by atoms with Gasteiger partial charge in [-0.05, 0) is 0 Å². The highest BCUT2D eigenvalue weighted by molar-refractivity contribution is 8.00. The van der Waals surface area contributed by atoms with Crippen molar-refractivity contribution in [1.82, 2.24) is 0 Å². The summed E-state index contributed by atoms with van der Waals surface area (Å²) >= 11 is 1.32. The molecule has 2 nitrogen and oxygen atoms in total. The zero-order chi connectivity index (χ0) is 5.33. The first-order valence-corrected chi connectivity index (χ1v) is 3.05. The average Bonchev–Trinajstić information content (AvgIpc) is 1.84. The molecule has 1 unspecified atom stereocenters. The number of ether oxygens (including phenoxy) is 1. The molecule has 7 heavy (non-hydrogen) atoms. The molecule has 0 amide bonds. The Balaban J connectivity index is 2.40. The van der Waals surface area contributed by atoms with Crippen molar-refractivity contribution in [2.24, 2.45) is 0 Å². The number of thioether (sulfide) groups is 1. The van der Waals surface area contributed by atoms with Gasteiger partial charge in [-0.25, -0.2) is 0 Å². The van der Waals surface area contributed by atoms with Crippen LogP contribution < -0.4 is 0 Å². The molecular weight excluding hydrogens is 112 g/mol. The fourth-order valence-corrected chi connectivity index (χ4v) is 1.10. The molecule has 1 N–H and O–H groups in total. The van der Waals surface area contributed by atoms with Crippen molar-refractivity contribution in [3.63, 3.8) is 0 Å². The third-order valence-electron chi connectivity index (χ3n) is 0.739. The van der Waals surface area contributed by atoms with E-state index in [0.29, 0.717) is 6.61 Å². The summed E-state index contributed by atoms with van der Waals surface area (Å²) in [4.78, 5) is 0. The van der Waals surface area contributed by atoms with E-state index in [1.165, 1.54) is 11.8 Å². The van der Waals surface area contributed by atoms with Crippen LogP contribution in [0, 0.1) is 6.92 Å². The highest BCUT2D eigenvalue weighted by Gasteiger charge is 2.26. The standard InChI is InChI=1S/C4H7O2S/c1-4(5)6-2-3-7-4/h5H,1-3H2. The Labute approximate surface area is 46.9 Å². The molecule has 1 saturated heterocycles. The summed E-state index contributed by atoms with van der Waals surface area (Å²) in [5.41, 5.74) is 0. The molecular formula is C4H7O2S. The molecule has 1 radical (unpaired) electrons. The third kappa shape index (κ3) is 1.33. The normalized spacial score (nSPS) is 42.0. The average molecular weight is 119 g/mol. The van der Waals surface area contributed by atoms with Crippen molar-refractivity contribution in [3.8, 4) is 0 Å². The van der Waals surface area contributed by atoms with Gasteiger partial charge in [-0.2, -0.15) is 0 Å². The molecule has 0 spiro atoms. The van der Waals surface area contributed by atoms with Crippen LogP contribution in [0.2, 0.25) is 0 Å². The van der Waals surface area contributed by atoms with Crippen LogP contribution in [0.25, 0.3) is 0 Å². The summed E-state index contributed by atoms with van der Waals surface area (Å²) in [6.07, 6.45) is 0. The summed E-state index contributed by atoms with van der Waals surface area (Å²) in [7, 11) is 0. The summed E-state index contributed by atoms with van der Waals surface area (Å²) in [5.74, 6) is 0.847. The molecule has 0 aliphatic carbocycles. The molecule has 1 fully saturated rings. The molecule has 1 aliphatic heterocycles. The van der Waals surface area contributed by atoms with Gasteiger partial charge >= 0.3 is 0 Å². The molecule has 1 aliphatic rings. The van der Waals surface area contributed by atoms with E-state index in [0.717, 1.165) is 5.75 Å². The molecule has 0 aromatic heterocycles. The molecule has 1 rings (SSSR count). The van der Waals surface area contributed by atoms with Crippen molar-refractivity contribution >= 4 is 11.8 Å². The second-order valence-corrected chi connectivity index (χ2v) is 2.74. The first-order chi connectivity index (χ1) is 3.21. The van der Waals surface area contributed by atoms with Gasteiger partial charge in [-0.3, -0.25) is 0 Å². The van der Waals surface area contributed by atoms with Gasteiger partial charge < -0.3 is 9.84 Å². The first-order valence-electron chi connectivity index (χ1n) is 2.06. The van der Waals surface area contributed by atoms with Gasteiger partial charge in [0.2, 0.25) is 5.12 Å². The predicted molar refractivity (Wildman–Crippen MR) is 28.7 cm³/mol. The van der Waals surface area contributed by atoms with E-state index < -0.39 is 5.12 Å². The number of hydrogen-bond donors (Lipinski definition) is 1. The summed E-state index contributed by atoms with van der Waals surface area (Å²) < 4.78 is 4.75. The van der Waals surface area contributed by atoms with Crippen LogP contribution in [0.4, 0.5) is 0 Å². The van der Waals surface area contributed by atoms with E-state index in [4.69, 9.17) is 9.84 Å². The maximum absolute atomic E-state index is 8.82. The van der Waals surface area contributed by atoms with Crippen LogP contribution >= 0.6 is 11.8 Å². The van der Waals surface area contributed by atoms with E-state index in [1.807, 2.05) is 0 Å². The molecule has 0 aromatic carbocycles. The molecule has 41 valence electrons. The number of aliphatic hydroxyl groups is 1. The van der Waals surface area contributed by atoms with Gasteiger partial charge in [0.25, 0.3) is 0 Å². The van der Waals surface area contributed by atoms with Gasteiger partial charge in [-0.15, -0.1) is 0 Å². The second kappa shape index (κ2) is 1.65. The third-order valence-corrected chi connectivity index (χ3v) is 1.68. The SMILES string of the molecule is [CH2]C1(O)OCCS1. The zero-order valence-electron chi connectivity index (χ0n) is 3.89. The minimum atomic E-state index is -1.14. The van der Waals surface area contributed by atoms with E-state index in [9.17, 15) is 0 Å². The van der Waals surface area contributed by atoms with Gasteiger partial charge in [0.1, 0.15) is 0 Å². The van der Waals surface area contributed by atoms with Crippen LogP contribution in [0.5, 0.6) is 0 Å². The van der Waals surface area contributed by atoms with Crippen LogP contribution in [0.3, 0.4) is 0 Å². The van der Waals surface area contributed by atoms with Crippen molar-refractivity contribution in [3.05, 3.63) is 6.92 Å². The number of hydrogen-bond acceptors (Lipinski definition) is 3. The Morgan fingerprint density at radius 1 is 1.86 bits per heavy atom. The lowest BCUT2D eigenvalue weighted by Gasteiger charge is -2.11. The first kappa shape index (κ1) is 5.41. The van der Waals surface area contributed by atoms with Crippen LogP contribution in [-0.2, 0) is 4.74 Å². The van der Waals surface area contributed by atoms with E-state index in [2.05, 4.69) is 6.92 Å². The van der Waals surface area contributed by atoms with Crippen LogP contribution in [0.15, 0.2) is 0 Å². The fourth-order valence-electron chi connectivity index (χ4n) is 0.444. The molecule has 0 aromatic rings. The molecule has 0 bridgehead atoms. The van der Waals surface area contributed by atoms with Gasteiger partial charge in [-0.1, -0.05) is 11.8 Å². The molecule has 3 heteroatoms. The zero-order valence-corrected chi connectivity index (χ0v) is 4.70. The monoisotopic (exact) mass is 119 g/mol. The van der Waals surface area contributed by atoms with Gasteiger partial charge in [0.05, 0.1) is 6.61 Å². The number of rotatable bonds is 0. The van der Waals surface area contributed by atoms with E-state index in [-0.39, 0.29) is 0 Å². The Morgan fingerprint density at radius 3 is 2.71 bits per heavy atom. The lowest BCUT2D eigenvalue weighted by Crippen LogP contribution is -2.17. The van der Waals surface area contributed by atoms with Gasteiger partial charge in [0, 0.05) is 12.7 Å². The molecule has 1 atom stereocenters. The predicted octanol–water partition coefficient (Wildman–Crippen LogP) is 0.230. The lowest BCUT2D eigenvalue weighted by molar-refractivity contribution is -0.0790. The highest BCUT2D eigenvalue weighted by Crippen LogP contribution is 2.27. The summed E-state index contributed by atoms with van der Waals surface area (Å²) in [5, 5.41) is 7.69.